The van der Waals surface area contributed by atoms with Crippen LogP contribution in [0.5, 0.6) is 5.75 Å². The van der Waals surface area contributed by atoms with Gasteiger partial charge in [-0.2, -0.15) is 13.2 Å². The average Bonchev–Trinajstić information content (AvgIpc) is 3.53. The smallest absolute Gasteiger partial charge is 0.416 e. The van der Waals surface area contributed by atoms with E-state index in [4.69, 9.17) is 4.74 Å². The Morgan fingerprint density at radius 1 is 1.23 bits per heavy atom. The summed E-state index contributed by atoms with van der Waals surface area (Å²) in [6.07, 6.45) is -1.46. The summed E-state index contributed by atoms with van der Waals surface area (Å²) in [6, 6.07) is 8.55. The third-order valence-electron chi connectivity index (χ3n) is 5.60. The highest BCUT2D eigenvalue weighted by Crippen LogP contribution is 2.45. The molecule has 4 rings (SSSR count). The van der Waals surface area contributed by atoms with Crippen molar-refractivity contribution in [3.63, 3.8) is 0 Å². The molecule has 160 valence electrons. The van der Waals surface area contributed by atoms with Crippen LogP contribution >= 0.6 is 0 Å². The molecular formula is C22H24F3N3O2. The molecule has 0 radical (unpaired) electrons. The summed E-state index contributed by atoms with van der Waals surface area (Å²) < 4.78 is 45.7. The molecule has 1 aliphatic heterocycles. The van der Waals surface area contributed by atoms with Gasteiger partial charge in [0, 0.05) is 32.9 Å². The summed E-state index contributed by atoms with van der Waals surface area (Å²) >= 11 is 0. The van der Waals surface area contributed by atoms with Gasteiger partial charge in [0.1, 0.15) is 12.4 Å². The Morgan fingerprint density at radius 3 is 2.53 bits per heavy atom. The summed E-state index contributed by atoms with van der Waals surface area (Å²) in [7, 11) is 1.64. The number of rotatable bonds is 7. The van der Waals surface area contributed by atoms with Gasteiger partial charge in [-0.3, -0.25) is 14.7 Å². The highest BCUT2D eigenvalue weighted by Gasteiger charge is 2.38. The first kappa shape index (κ1) is 20.7. The highest BCUT2D eigenvalue weighted by atomic mass is 19.4. The first-order chi connectivity index (χ1) is 14.3. The van der Waals surface area contributed by atoms with Gasteiger partial charge < -0.3 is 10.1 Å². The van der Waals surface area contributed by atoms with Gasteiger partial charge in [-0.25, -0.2) is 0 Å². The van der Waals surface area contributed by atoms with E-state index < -0.39 is 11.7 Å². The molecule has 1 aromatic heterocycles. The Labute approximate surface area is 173 Å². The summed E-state index contributed by atoms with van der Waals surface area (Å²) in [5, 5.41) is 2.66. The standard InChI is InChI=1S/C22H24F3N3O2/c1-26-21(29)16-11-28(12-16)10-14-2-6-18(7-3-14)30-13-17-8-20(22(23,24)25)19(9-27-17)15-4-5-15/h2-3,6-9,15-16H,4-5,10-13H2,1H3,(H,26,29). The van der Waals surface area contributed by atoms with Gasteiger partial charge in [0.15, 0.2) is 0 Å². The maximum absolute atomic E-state index is 13.4. The molecular weight excluding hydrogens is 395 g/mol. The van der Waals surface area contributed by atoms with Crippen LogP contribution in [0.3, 0.4) is 0 Å². The second-order valence-corrected chi connectivity index (χ2v) is 7.97. The highest BCUT2D eigenvalue weighted by molar-refractivity contribution is 5.79. The van der Waals surface area contributed by atoms with Crippen LogP contribution in [0.1, 0.15) is 41.1 Å². The summed E-state index contributed by atoms with van der Waals surface area (Å²) in [5.74, 6) is 0.683. The lowest BCUT2D eigenvalue weighted by Gasteiger charge is -2.38. The minimum Gasteiger partial charge on any atom is -0.487 e. The molecule has 2 heterocycles. The van der Waals surface area contributed by atoms with Crippen LogP contribution in [0.2, 0.25) is 0 Å². The van der Waals surface area contributed by atoms with Gasteiger partial charge in [-0.1, -0.05) is 12.1 Å². The summed E-state index contributed by atoms with van der Waals surface area (Å²) in [6.45, 7) is 2.20. The van der Waals surface area contributed by atoms with Crippen molar-refractivity contribution in [2.75, 3.05) is 20.1 Å². The summed E-state index contributed by atoms with van der Waals surface area (Å²) in [4.78, 5) is 17.9. The molecule has 1 aliphatic carbocycles. The lowest BCUT2D eigenvalue weighted by Crippen LogP contribution is -2.52. The molecule has 1 saturated heterocycles. The maximum Gasteiger partial charge on any atom is 0.416 e. The monoisotopic (exact) mass is 419 g/mol. The predicted molar refractivity (Wildman–Crippen MR) is 105 cm³/mol. The molecule has 0 bridgehead atoms. The van der Waals surface area contributed by atoms with E-state index in [0.717, 1.165) is 44.1 Å². The zero-order chi connectivity index (χ0) is 21.3. The Balaban J connectivity index is 1.32. The lowest BCUT2D eigenvalue weighted by atomic mass is 9.98. The second-order valence-electron chi connectivity index (χ2n) is 7.97. The second kappa shape index (κ2) is 8.26. The molecule has 1 N–H and O–H groups in total. The van der Waals surface area contributed by atoms with Gasteiger partial charge in [0.05, 0.1) is 17.2 Å². The topological polar surface area (TPSA) is 54.5 Å². The maximum atomic E-state index is 13.4. The molecule has 0 unspecified atom stereocenters. The van der Waals surface area contributed by atoms with Crippen LogP contribution < -0.4 is 10.1 Å². The molecule has 8 heteroatoms. The third-order valence-corrected chi connectivity index (χ3v) is 5.60. The number of hydrogen-bond acceptors (Lipinski definition) is 4. The van der Waals surface area contributed by atoms with Crippen LogP contribution in [0.25, 0.3) is 0 Å². The van der Waals surface area contributed by atoms with Crippen molar-refractivity contribution in [3.8, 4) is 5.75 Å². The van der Waals surface area contributed by atoms with Gasteiger partial charge in [-0.05, 0) is 48.1 Å². The van der Waals surface area contributed by atoms with Crippen molar-refractivity contribution in [1.29, 1.82) is 0 Å². The van der Waals surface area contributed by atoms with Crippen molar-refractivity contribution in [1.82, 2.24) is 15.2 Å². The summed E-state index contributed by atoms with van der Waals surface area (Å²) in [5.41, 5.74) is 1.04. The Hall–Kier alpha value is -2.61. The minimum atomic E-state index is -4.38. The molecule has 2 aliphatic rings. The predicted octanol–water partition coefficient (Wildman–Crippen LogP) is 3.73. The van der Waals surface area contributed by atoms with Crippen LogP contribution in [-0.2, 0) is 24.1 Å². The molecule has 1 aromatic carbocycles. The van der Waals surface area contributed by atoms with Crippen LogP contribution in [0.15, 0.2) is 36.5 Å². The van der Waals surface area contributed by atoms with Crippen molar-refractivity contribution in [2.24, 2.45) is 5.92 Å². The number of alkyl halides is 3. The fourth-order valence-corrected chi connectivity index (χ4v) is 3.73. The number of nitrogens with one attached hydrogen (secondary N) is 1. The van der Waals surface area contributed by atoms with E-state index in [1.54, 1.807) is 19.2 Å². The normalized spacial score (nSPS) is 17.5. The van der Waals surface area contributed by atoms with Gasteiger partial charge in [-0.15, -0.1) is 0 Å². The number of aromatic nitrogens is 1. The van der Waals surface area contributed by atoms with Crippen molar-refractivity contribution < 1.29 is 22.7 Å². The quantitative estimate of drug-likeness (QED) is 0.743. The molecule has 30 heavy (non-hydrogen) atoms. The minimum absolute atomic E-state index is 0.0188. The SMILES string of the molecule is CNC(=O)C1CN(Cc2ccc(OCc3cc(C(F)(F)F)c(C4CC4)cn3)cc2)C1. The number of halogens is 3. The first-order valence-electron chi connectivity index (χ1n) is 10.0. The van der Waals surface area contributed by atoms with Gasteiger partial charge in [0.25, 0.3) is 0 Å². The molecule has 2 aromatic rings. The van der Waals surface area contributed by atoms with Crippen LogP contribution in [0, 0.1) is 5.92 Å². The number of carbonyl (C=O) groups excluding carboxylic acids is 1. The molecule has 5 nitrogen and oxygen atoms in total. The van der Waals surface area contributed by atoms with Crippen LogP contribution in [0.4, 0.5) is 13.2 Å². The van der Waals surface area contributed by atoms with E-state index in [1.807, 2.05) is 12.1 Å². The zero-order valence-corrected chi connectivity index (χ0v) is 16.7. The number of ether oxygens (including phenoxy) is 1. The number of amides is 1. The van der Waals surface area contributed by atoms with E-state index in [2.05, 4.69) is 15.2 Å². The Kier molecular flexibility index (Phi) is 5.69. The van der Waals surface area contributed by atoms with Crippen LogP contribution in [-0.4, -0.2) is 35.9 Å². The average molecular weight is 419 g/mol. The number of hydrogen-bond donors (Lipinski definition) is 1. The van der Waals surface area contributed by atoms with Gasteiger partial charge >= 0.3 is 6.18 Å². The fourth-order valence-electron chi connectivity index (χ4n) is 3.73. The first-order valence-corrected chi connectivity index (χ1v) is 10.0. The number of carbonyl (C=O) groups is 1. The van der Waals surface area contributed by atoms with Crippen molar-refractivity contribution >= 4 is 5.91 Å². The lowest BCUT2D eigenvalue weighted by molar-refractivity contribution is -0.138. The molecule has 0 spiro atoms. The molecule has 0 atom stereocenters. The zero-order valence-electron chi connectivity index (χ0n) is 16.7. The molecule has 2 fully saturated rings. The Bertz CT molecular complexity index is 905. The van der Waals surface area contributed by atoms with E-state index in [0.29, 0.717) is 11.3 Å². The van der Waals surface area contributed by atoms with Gasteiger partial charge in [0.2, 0.25) is 5.91 Å². The largest absolute Gasteiger partial charge is 0.487 e. The third kappa shape index (κ3) is 4.75. The number of nitrogens with zero attached hydrogens (tertiary/aromatic N) is 2. The van der Waals surface area contributed by atoms with E-state index in [9.17, 15) is 18.0 Å². The molecule has 1 saturated carbocycles. The number of benzene rings is 1. The van der Waals surface area contributed by atoms with Crippen molar-refractivity contribution in [3.05, 3.63) is 58.9 Å². The number of likely N-dealkylation sites (tertiary alicyclic amines) is 1. The van der Waals surface area contributed by atoms with E-state index in [-0.39, 0.29) is 30.0 Å². The fraction of sp³-hybridized carbons (Fsp3) is 0.455. The van der Waals surface area contributed by atoms with E-state index in [1.165, 1.54) is 6.20 Å². The Morgan fingerprint density at radius 2 is 1.93 bits per heavy atom. The van der Waals surface area contributed by atoms with E-state index >= 15 is 0 Å². The number of pyridine rings is 1. The molecule has 1 amide bonds. The van der Waals surface area contributed by atoms with Crippen molar-refractivity contribution in [2.45, 2.75) is 38.1 Å².